The van der Waals surface area contributed by atoms with Gasteiger partial charge in [0.2, 0.25) is 0 Å². The average molecular weight is 270 g/mol. The minimum absolute atomic E-state index is 0.139. The smallest absolute Gasteiger partial charge is 0.131 e. The van der Waals surface area contributed by atoms with Crippen molar-refractivity contribution < 1.29 is 4.39 Å². The SMILES string of the molecule is Fc1cccc2c1-c1cccc3c1c-2cc1ccccc13. The van der Waals surface area contributed by atoms with Crippen molar-refractivity contribution >= 4 is 21.5 Å². The summed E-state index contributed by atoms with van der Waals surface area (Å²) in [6.07, 6.45) is 0. The molecule has 0 amide bonds. The van der Waals surface area contributed by atoms with Crippen molar-refractivity contribution in [2.24, 2.45) is 0 Å². The standard InChI is InChI=1S/C20H11F/c21-18-10-4-8-15-17-11-12-5-1-2-6-13(12)14-7-3-9-16(19(14)17)20(15)18/h1-11H. The number of halogens is 1. The Labute approximate surface area is 121 Å². The molecule has 0 spiro atoms. The molecule has 1 aliphatic carbocycles. The Hall–Kier alpha value is -2.67. The molecule has 0 atom stereocenters. The van der Waals surface area contributed by atoms with Gasteiger partial charge in [0.15, 0.2) is 0 Å². The van der Waals surface area contributed by atoms with E-state index in [1.54, 1.807) is 12.1 Å². The molecule has 0 saturated carbocycles. The van der Waals surface area contributed by atoms with Gasteiger partial charge in [0, 0.05) is 5.56 Å². The van der Waals surface area contributed by atoms with E-state index in [1.165, 1.54) is 21.5 Å². The molecule has 4 aromatic rings. The molecule has 0 N–H and O–H groups in total. The lowest BCUT2D eigenvalue weighted by molar-refractivity contribution is 0.632. The van der Waals surface area contributed by atoms with Crippen LogP contribution in [0.1, 0.15) is 0 Å². The van der Waals surface area contributed by atoms with Gasteiger partial charge in [-0.05, 0) is 50.4 Å². The summed E-state index contributed by atoms with van der Waals surface area (Å²) in [6, 6.07) is 22.1. The van der Waals surface area contributed by atoms with E-state index in [0.29, 0.717) is 0 Å². The molecule has 1 aliphatic rings. The normalized spacial score (nSPS) is 12.0. The van der Waals surface area contributed by atoms with E-state index in [0.717, 1.165) is 22.3 Å². The Morgan fingerprint density at radius 1 is 0.619 bits per heavy atom. The van der Waals surface area contributed by atoms with Gasteiger partial charge in [-0.3, -0.25) is 0 Å². The highest BCUT2D eigenvalue weighted by atomic mass is 19.1. The highest BCUT2D eigenvalue weighted by Crippen LogP contribution is 2.49. The van der Waals surface area contributed by atoms with Crippen LogP contribution in [0.3, 0.4) is 0 Å². The predicted octanol–water partition coefficient (Wildman–Crippen LogP) is 5.78. The maximum Gasteiger partial charge on any atom is 0.131 e. The van der Waals surface area contributed by atoms with Gasteiger partial charge >= 0.3 is 0 Å². The molecule has 21 heavy (non-hydrogen) atoms. The lowest BCUT2D eigenvalue weighted by Gasteiger charge is -2.07. The first-order chi connectivity index (χ1) is 10.3. The molecular weight excluding hydrogens is 259 g/mol. The first-order valence-corrected chi connectivity index (χ1v) is 7.08. The minimum Gasteiger partial charge on any atom is -0.206 e. The van der Waals surface area contributed by atoms with Crippen LogP contribution in [0, 0.1) is 5.82 Å². The van der Waals surface area contributed by atoms with Crippen LogP contribution in [-0.4, -0.2) is 0 Å². The third-order valence-electron chi connectivity index (χ3n) is 4.46. The van der Waals surface area contributed by atoms with E-state index in [-0.39, 0.29) is 5.82 Å². The summed E-state index contributed by atoms with van der Waals surface area (Å²) in [5.74, 6) is -0.139. The topological polar surface area (TPSA) is 0 Å². The monoisotopic (exact) mass is 270 g/mol. The van der Waals surface area contributed by atoms with Crippen LogP contribution in [0.4, 0.5) is 4.39 Å². The largest absolute Gasteiger partial charge is 0.206 e. The van der Waals surface area contributed by atoms with Crippen LogP contribution in [0.5, 0.6) is 0 Å². The summed E-state index contributed by atoms with van der Waals surface area (Å²) >= 11 is 0. The highest BCUT2D eigenvalue weighted by molar-refractivity contribution is 6.23. The molecule has 1 heteroatoms. The second-order valence-electron chi connectivity index (χ2n) is 5.54. The number of benzene rings is 4. The number of hydrogen-bond acceptors (Lipinski definition) is 0. The highest BCUT2D eigenvalue weighted by Gasteiger charge is 2.24. The lowest BCUT2D eigenvalue weighted by atomic mass is 9.97. The lowest BCUT2D eigenvalue weighted by Crippen LogP contribution is -1.81. The molecule has 0 nitrogen and oxygen atoms in total. The summed E-state index contributed by atoms with van der Waals surface area (Å²) in [4.78, 5) is 0. The molecule has 4 aromatic carbocycles. The van der Waals surface area contributed by atoms with Crippen molar-refractivity contribution in [3.05, 3.63) is 72.5 Å². The first-order valence-electron chi connectivity index (χ1n) is 7.08. The van der Waals surface area contributed by atoms with Gasteiger partial charge in [-0.2, -0.15) is 0 Å². The van der Waals surface area contributed by atoms with Crippen molar-refractivity contribution in [1.29, 1.82) is 0 Å². The molecule has 0 aromatic heterocycles. The summed E-state index contributed by atoms with van der Waals surface area (Å²) < 4.78 is 14.3. The third kappa shape index (κ3) is 1.28. The van der Waals surface area contributed by atoms with Crippen LogP contribution in [-0.2, 0) is 0 Å². The Bertz CT molecular complexity index is 1040. The van der Waals surface area contributed by atoms with Crippen molar-refractivity contribution in [3.8, 4) is 22.3 Å². The van der Waals surface area contributed by atoms with Gasteiger partial charge in [-0.15, -0.1) is 0 Å². The van der Waals surface area contributed by atoms with E-state index >= 15 is 0 Å². The molecule has 0 saturated heterocycles. The molecule has 0 heterocycles. The van der Waals surface area contributed by atoms with Gasteiger partial charge < -0.3 is 0 Å². The summed E-state index contributed by atoms with van der Waals surface area (Å²) in [7, 11) is 0. The first kappa shape index (κ1) is 11.0. The quantitative estimate of drug-likeness (QED) is 0.313. The molecule has 0 radical (unpaired) electrons. The zero-order valence-electron chi connectivity index (χ0n) is 11.2. The molecule has 5 rings (SSSR count). The summed E-state index contributed by atoms with van der Waals surface area (Å²) in [5, 5.41) is 4.81. The molecule has 0 unspecified atom stereocenters. The summed E-state index contributed by atoms with van der Waals surface area (Å²) in [5.41, 5.74) is 3.91. The van der Waals surface area contributed by atoms with E-state index in [4.69, 9.17) is 0 Å². The fourth-order valence-electron chi connectivity index (χ4n) is 3.61. The Morgan fingerprint density at radius 3 is 2.33 bits per heavy atom. The van der Waals surface area contributed by atoms with Gasteiger partial charge in [0.1, 0.15) is 5.82 Å². The van der Waals surface area contributed by atoms with Crippen molar-refractivity contribution in [2.75, 3.05) is 0 Å². The van der Waals surface area contributed by atoms with Gasteiger partial charge in [0.25, 0.3) is 0 Å². The number of fused-ring (bicyclic) bond motifs is 5. The second kappa shape index (κ2) is 3.70. The molecule has 0 fully saturated rings. The maximum atomic E-state index is 14.3. The molecule has 0 aliphatic heterocycles. The van der Waals surface area contributed by atoms with Gasteiger partial charge in [-0.25, -0.2) is 4.39 Å². The van der Waals surface area contributed by atoms with Crippen LogP contribution < -0.4 is 0 Å². The van der Waals surface area contributed by atoms with E-state index in [1.807, 2.05) is 24.3 Å². The van der Waals surface area contributed by atoms with Crippen molar-refractivity contribution in [2.45, 2.75) is 0 Å². The van der Waals surface area contributed by atoms with Crippen LogP contribution >= 0.6 is 0 Å². The van der Waals surface area contributed by atoms with Crippen molar-refractivity contribution in [1.82, 2.24) is 0 Å². The molecule has 0 bridgehead atoms. The maximum absolute atomic E-state index is 14.3. The zero-order chi connectivity index (χ0) is 14.0. The van der Waals surface area contributed by atoms with E-state index < -0.39 is 0 Å². The number of rotatable bonds is 0. The average Bonchev–Trinajstić information content (AvgIpc) is 2.85. The zero-order valence-corrected chi connectivity index (χ0v) is 11.2. The molecule has 98 valence electrons. The Kier molecular flexibility index (Phi) is 1.95. The van der Waals surface area contributed by atoms with E-state index in [2.05, 4.69) is 30.3 Å². The third-order valence-corrected chi connectivity index (χ3v) is 4.46. The fraction of sp³-hybridized carbons (Fsp3) is 0. The van der Waals surface area contributed by atoms with Crippen molar-refractivity contribution in [3.63, 3.8) is 0 Å². The van der Waals surface area contributed by atoms with Crippen LogP contribution in [0.2, 0.25) is 0 Å². The second-order valence-corrected chi connectivity index (χ2v) is 5.54. The Balaban J connectivity index is 2.11. The minimum atomic E-state index is -0.139. The molecular formula is C20H11F. The van der Waals surface area contributed by atoms with Gasteiger partial charge in [-0.1, -0.05) is 54.6 Å². The Morgan fingerprint density at radius 2 is 1.38 bits per heavy atom. The van der Waals surface area contributed by atoms with Crippen LogP contribution in [0.25, 0.3) is 43.8 Å². The summed E-state index contributed by atoms with van der Waals surface area (Å²) in [6.45, 7) is 0. The predicted molar refractivity (Wildman–Crippen MR) is 85.8 cm³/mol. The number of hydrogen-bond donors (Lipinski definition) is 0. The fourth-order valence-corrected chi connectivity index (χ4v) is 3.61. The van der Waals surface area contributed by atoms with Gasteiger partial charge in [0.05, 0.1) is 0 Å². The van der Waals surface area contributed by atoms with E-state index in [9.17, 15) is 4.39 Å². The van der Waals surface area contributed by atoms with Crippen LogP contribution in [0.15, 0.2) is 66.7 Å².